The van der Waals surface area contributed by atoms with E-state index in [-0.39, 0.29) is 17.0 Å². The van der Waals surface area contributed by atoms with Crippen molar-refractivity contribution < 1.29 is 14.7 Å². The number of fused-ring (bicyclic) bond motifs is 2. The van der Waals surface area contributed by atoms with Crippen LogP contribution in [0.2, 0.25) is 0 Å². The maximum Gasteiger partial charge on any atom is 0.405 e. The number of rotatable bonds is 3. The van der Waals surface area contributed by atoms with E-state index in [9.17, 15) is 14.4 Å². The first-order valence-electron chi connectivity index (χ1n) is 9.07. The summed E-state index contributed by atoms with van der Waals surface area (Å²) in [7, 11) is 0. The molecular weight excluding hydrogens is 358 g/mol. The van der Waals surface area contributed by atoms with Gasteiger partial charge in [-0.05, 0) is 54.7 Å². The molecule has 1 aliphatic rings. The molecule has 3 aromatic rings. The number of hydrogen-bond acceptors (Lipinski definition) is 3. The highest BCUT2D eigenvalue weighted by atomic mass is 16.4. The van der Waals surface area contributed by atoms with Crippen molar-refractivity contribution in [3.8, 4) is 0 Å². The molecule has 1 atom stereocenters. The number of para-hydroxylation sites is 1. The molecule has 2 aromatic carbocycles. The number of aryl methyl sites for hydroxylation is 1. The van der Waals surface area contributed by atoms with Crippen molar-refractivity contribution in [2.24, 2.45) is 0 Å². The Labute approximate surface area is 160 Å². The second kappa shape index (κ2) is 7.19. The molecule has 7 heteroatoms. The molecule has 0 spiro atoms. The molecule has 1 aliphatic carbocycles. The predicted molar refractivity (Wildman–Crippen MR) is 106 cm³/mol. The topological polar surface area (TPSA) is 111 Å². The van der Waals surface area contributed by atoms with E-state index in [1.807, 2.05) is 12.1 Å². The van der Waals surface area contributed by atoms with Gasteiger partial charge in [-0.3, -0.25) is 9.59 Å². The molecule has 28 heavy (non-hydrogen) atoms. The first kappa shape index (κ1) is 17.8. The van der Waals surface area contributed by atoms with E-state index < -0.39 is 12.0 Å². The summed E-state index contributed by atoms with van der Waals surface area (Å²) >= 11 is 0. The summed E-state index contributed by atoms with van der Waals surface area (Å²) in [6.07, 6.45) is 2.81. The monoisotopic (exact) mass is 377 g/mol. The Balaban J connectivity index is 1.63. The number of anilines is 1. The van der Waals surface area contributed by atoms with Gasteiger partial charge in [0.1, 0.15) is 5.56 Å². The molecule has 1 aromatic heterocycles. The van der Waals surface area contributed by atoms with E-state index >= 15 is 0 Å². The minimum absolute atomic E-state index is 0.0247. The Morgan fingerprint density at radius 1 is 1.14 bits per heavy atom. The third-order valence-corrected chi connectivity index (χ3v) is 5.05. The summed E-state index contributed by atoms with van der Waals surface area (Å²) in [4.78, 5) is 39.3. The highest BCUT2D eigenvalue weighted by molar-refractivity contribution is 6.05. The van der Waals surface area contributed by atoms with E-state index in [0.717, 1.165) is 24.0 Å². The number of aromatic amines is 1. The zero-order chi connectivity index (χ0) is 19.7. The van der Waals surface area contributed by atoms with Gasteiger partial charge in [-0.2, -0.15) is 0 Å². The van der Waals surface area contributed by atoms with Crippen LogP contribution in [0.5, 0.6) is 0 Å². The van der Waals surface area contributed by atoms with E-state index in [2.05, 4.69) is 15.6 Å². The number of nitrogens with one attached hydrogen (secondary N) is 3. The summed E-state index contributed by atoms with van der Waals surface area (Å²) in [6.45, 7) is 0. The predicted octanol–water partition coefficient (Wildman–Crippen LogP) is 3.43. The van der Waals surface area contributed by atoms with Gasteiger partial charge in [-0.1, -0.05) is 18.2 Å². The lowest BCUT2D eigenvalue weighted by atomic mass is 9.87. The number of hydrogen-bond donors (Lipinski definition) is 4. The third-order valence-electron chi connectivity index (χ3n) is 5.05. The summed E-state index contributed by atoms with van der Waals surface area (Å²) in [5, 5.41) is 14.8. The van der Waals surface area contributed by atoms with Gasteiger partial charge in [0.15, 0.2) is 0 Å². The molecule has 142 valence electrons. The van der Waals surface area contributed by atoms with Gasteiger partial charge in [0.25, 0.3) is 5.91 Å². The normalized spacial score (nSPS) is 15.6. The Morgan fingerprint density at radius 2 is 1.96 bits per heavy atom. The van der Waals surface area contributed by atoms with Crippen LogP contribution in [0.3, 0.4) is 0 Å². The lowest BCUT2D eigenvalue weighted by Gasteiger charge is -2.26. The number of H-pyrrole nitrogens is 1. The zero-order valence-corrected chi connectivity index (χ0v) is 15.0. The van der Waals surface area contributed by atoms with E-state index in [1.54, 1.807) is 30.3 Å². The van der Waals surface area contributed by atoms with Gasteiger partial charge in [-0.15, -0.1) is 0 Å². The van der Waals surface area contributed by atoms with Crippen LogP contribution >= 0.6 is 0 Å². The van der Waals surface area contributed by atoms with Crippen LogP contribution in [0.4, 0.5) is 10.5 Å². The molecule has 7 nitrogen and oxygen atoms in total. The Hall–Kier alpha value is -3.61. The van der Waals surface area contributed by atoms with Crippen molar-refractivity contribution in [3.05, 3.63) is 75.6 Å². The molecule has 1 unspecified atom stereocenters. The molecule has 0 bridgehead atoms. The second-order valence-electron chi connectivity index (χ2n) is 6.84. The van der Waals surface area contributed by atoms with E-state index in [4.69, 9.17) is 5.11 Å². The minimum atomic E-state index is -1.07. The number of amides is 2. The average molecular weight is 377 g/mol. The van der Waals surface area contributed by atoms with Crippen molar-refractivity contribution in [1.82, 2.24) is 10.3 Å². The summed E-state index contributed by atoms with van der Waals surface area (Å²) in [5.41, 5.74) is 2.80. The van der Waals surface area contributed by atoms with Gasteiger partial charge >= 0.3 is 6.09 Å². The van der Waals surface area contributed by atoms with E-state index in [1.165, 1.54) is 6.20 Å². The van der Waals surface area contributed by atoms with Gasteiger partial charge in [0.05, 0.1) is 6.04 Å². The lowest BCUT2D eigenvalue weighted by Crippen LogP contribution is -2.29. The van der Waals surface area contributed by atoms with Crippen LogP contribution in [0.1, 0.15) is 40.4 Å². The number of carboxylic acid groups (broad SMARTS) is 1. The highest BCUT2D eigenvalue weighted by Crippen LogP contribution is 2.31. The average Bonchev–Trinajstić information content (AvgIpc) is 2.68. The molecule has 0 fully saturated rings. The van der Waals surface area contributed by atoms with Crippen LogP contribution in [-0.2, 0) is 6.42 Å². The first-order valence-corrected chi connectivity index (χ1v) is 9.07. The number of aromatic nitrogens is 1. The second-order valence-corrected chi connectivity index (χ2v) is 6.84. The number of carbonyl (C=O) groups is 2. The Kier molecular flexibility index (Phi) is 4.57. The van der Waals surface area contributed by atoms with Crippen LogP contribution in [0.15, 0.2) is 53.5 Å². The lowest BCUT2D eigenvalue weighted by molar-refractivity contribution is 0.102. The van der Waals surface area contributed by atoms with Crippen LogP contribution < -0.4 is 16.1 Å². The summed E-state index contributed by atoms with van der Waals surface area (Å²) < 4.78 is 0. The molecule has 0 saturated heterocycles. The summed E-state index contributed by atoms with van der Waals surface area (Å²) in [6, 6.07) is 12.2. The van der Waals surface area contributed by atoms with Gasteiger partial charge < -0.3 is 20.7 Å². The maximum atomic E-state index is 12.7. The van der Waals surface area contributed by atoms with Gasteiger partial charge in [0.2, 0.25) is 5.43 Å². The maximum absolute atomic E-state index is 12.7. The van der Waals surface area contributed by atoms with Crippen LogP contribution in [0.25, 0.3) is 10.9 Å². The molecule has 2 amide bonds. The van der Waals surface area contributed by atoms with Gasteiger partial charge in [0, 0.05) is 22.8 Å². The standard InChI is InChI=1S/C21H19N3O4/c25-19-14-5-1-2-6-17(14)22-11-16(19)20(26)23-13-9-8-12-4-3-7-18(15(12)10-13)24-21(27)28/h1-2,5-6,8-11,18,24H,3-4,7H2,(H,22,25)(H,23,26)(H,27,28). The van der Waals surface area contributed by atoms with Gasteiger partial charge in [-0.25, -0.2) is 4.79 Å². The number of benzene rings is 2. The molecule has 0 radical (unpaired) electrons. The molecule has 0 saturated carbocycles. The fourth-order valence-corrected chi connectivity index (χ4v) is 3.71. The molecule has 0 aliphatic heterocycles. The third kappa shape index (κ3) is 3.34. The highest BCUT2D eigenvalue weighted by Gasteiger charge is 2.22. The summed E-state index contributed by atoms with van der Waals surface area (Å²) in [5.74, 6) is -0.509. The Bertz CT molecular complexity index is 1140. The largest absolute Gasteiger partial charge is 0.465 e. The molecule has 4 rings (SSSR count). The quantitative estimate of drug-likeness (QED) is 0.560. The van der Waals surface area contributed by atoms with Crippen molar-refractivity contribution in [2.45, 2.75) is 25.3 Å². The fourth-order valence-electron chi connectivity index (χ4n) is 3.71. The Morgan fingerprint density at radius 3 is 2.79 bits per heavy atom. The molecular formula is C21H19N3O4. The number of pyridine rings is 1. The van der Waals surface area contributed by atoms with Crippen molar-refractivity contribution in [2.75, 3.05) is 5.32 Å². The van der Waals surface area contributed by atoms with Crippen molar-refractivity contribution >= 4 is 28.6 Å². The SMILES string of the molecule is O=C(O)NC1CCCc2ccc(NC(=O)c3c[nH]c4ccccc4c3=O)cc21. The first-order chi connectivity index (χ1) is 13.5. The van der Waals surface area contributed by atoms with E-state index in [0.29, 0.717) is 23.0 Å². The van der Waals surface area contributed by atoms with Crippen molar-refractivity contribution in [3.63, 3.8) is 0 Å². The van der Waals surface area contributed by atoms with Crippen LogP contribution in [-0.4, -0.2) is 22.1 Å². The zero-order valence-electron chi connectivity index (χ0n) is 15.0. The molecule has 4 N–H and O–H groups in total. The van der Waals surface area contributed by atoms with Crippen molar-refractivity contribution in [1.29, 1.82) is 0 Å². The molecule has 1 heterocycles. The fraction of sp³-hybridized carbons (Fsp3) is 0.190. The smallest absolute Gasteiger partial charge is 0.405 e. The number of carbonyl (C=O) groups excluding carboxylic acids is 1. The minimum Gasteiger partial charge on any atom is -0.465 e. The van der Waals surface area contributed by atoms with Crippen LogP contribution in [0, 0.1) is 0 Å².